The Hall–Kier alpha value is -0.770. The normalized spacial score (nSPS) is 25.8. The van der Waals surface area contributed by atoms with Crippen molar-refractivity contribution in [3.8, 4) is 0 Å². The summed E-state index contributed by atoms with van der Waals surface area (Å²) >= 11 is 0. The van der Waals surface area contributed by atoms with E-state index in [1.54, 1.807) is 0 Å². The fraction of sp³-hybridized carbons (Fsp3) is 0.923. The molecule has 1 heterocycles. The van der Waals surface area contributed by atoms with Crippen LogP contribution in [0.1, 0.15) is 47.5 Å². The fourth-order valence-corrected chi connectivity index (χ4v) is 2.18. The molecule has 0 aromatic heterocycles. The molecule has 4 heteroatoms. The maximum Gasteiger partial charge on any atom is 0.408 e. The number of piperidine rings is 1. The van der Waals surface area contributed by atoms with Crippen molar-refractivity contribution in [1.29, 1.82) is 0 Å². The minimum atomic E-state index is -0.440. The standard InChI is InChI=1S/C13H26N2O2/c1-10(2)13(7-6-8-14-9-13)15-11(16)17-12(3,4)5/h10,14H,6-9H2,1-5H3,(H,15,16). The van der Waals surface area contributed by atoms with Gasteiger partial charge in [0.1, 0.15) is 5.60 Å². The minimum absolute atomic E-state index is 0.166. The summed E-state index contributed by atoms with van der Waals surface area (Å²) in [5, 5.41) is 6.42. The van der Waals surface area contributed by atoms with Crippen molar-refractivity contribution >= 4 is 6.09 Å². The van der Waals surface area contributed by atoms with Gasteiger partial charge in [-0.25, -0.2) is 4.79 Å². The number of amides is 1. The predicted octanol–water partition coefficient (Wildman–Crippen LogP) is 2.29. The first-order valence-electron chi connectivity index (χ1n) is 6.47. The van der Waals surface area contributed by atoms with E-state index < -0.39 is 5.60 Å². The minimum Gasteiger partial charge on any atom is -0.444 e. The van der Waals surface area contributed by atoms with Crippen molar-refractivity contribution in [1.82, 2.24) is 10.6 Å². The van der Waals surface area contributed by atoms with E-state index in [2.05, 4.69) is 24.5 Å². The summed E-state index contributed by atoms with van der Waals surface area (Å²) in [7, 11) is 0. The van der Waals surface area contributed by atoms with Crippen molar-refractivity contribution in [2.75, 3.05) is 13.1 Å². The van der Waals surface area contributed by atoms with Crippen LogP contribution in [0.5, 0.6) is 0 Å². The number of hydrogen-bond donors (Lipinski definition) is 2. The number of alkyl carbamates (subject to hydrolysis) is 1. The molecule has 17 heavy (non-hydrogen) atoms. The molecule has 1 aliphatic rings. The molecule has 0 radical (unpaired) electrons. The van der Waals surface area contributed by atoms with Crippen LogP contribution in [0.4, 0.5) is 4.79 Å². The molecule has 0 aromatic carbocycles. The summed E-state index contributed by atoms with van der Waals surface area (Å²) in [5.74, 6) is 0.391. The van der Waals surface area contributed by atoms with Crippen LogP contribution in [0.2, 0.25) is 0 Å². The summed E-state index contributed by atoms with van der Waals surface area (Å²) in [6.45, 7) is 11.8. The molecule has 100 valence electrons. The van der Waals surface area contributed by atoms with E-state index in [1.165, 1.54) is 0 Å². The topological polar surface area (TPSA) is 50.4 Å². The van der Waals surface area contributed by atoms with E-state index in [0.717, 1.165) is 25.9 Å². The molecule has 0 spiro atoms. The van der Waals surface area contributed by atoms with Crippen molar-refractivity contribution in [3.63, 3.8) is 0 Å². The Balaban J connectivity index is 2.64. The Bertz CT molecular complexity index is 263. The molecule has 0 aliphatic carbocycles. The number of nitrogens with one attached hydrogen (secondary N) is 2. The third-order valence-corrected chi connectivity index (χ3v) is 3.27. The quantitative estimate of drug-likeness (QED) is 0.781. The molecule has 1 rings (SSSR count). The second-order valence-electron chi connectivity index (χ2n) is 6.22. The van der Waals surface area contributed by atoms with Crippen LogP contribution in [0, 0.1) is 5.92 Å². The van der Waals surface area contributed by atoms with Crippen LogP contribution in [-0.2, 0) is 4.74 Å². The third kappa shape index (κ3) is 4.19. The highest BCUT2D eigenvalue weighted by Gasteiger charge is 2.37. The number of ether oxygens (including phenoxy) is 1. The molecule has 1 atom stereocenters. The molecule has 1 saturated heterocycles. The van der Waals surface area contributed by atoms with Crippen LogP contribution >= 0.6 is 0 Å². The summed E-state index contributed by atoms with van der Waals surface area (Å²) in [5.41, 5.74) is -0.606. The van der Waals surface area contributed by atoms with Gasteiger partial charge in [-0.15, -0.1) is 0 Å². The van der Waals surface area contributed by atoms with Crippen LogP contribution < -0.4 is 10.6 Å². The van der Waals surface area contributed by atoms with Gasteiger partial charge < -0.3 is 15.4 Å². The van der Waals surface area contributed by atoms with Crippen LogP contribution in [0.25, 0.3) is 0 Å². The first-order chi connectivity index (χ1) is 7.75. The van der Waals surface area contributed by atoms with Gasteiger partial charge in [0, 0.05) is 6.54 Å². The van der Waals surface area contributed by atoms with Gasteiger partial charge in [0.15, 0.2) is 0 Å². The molecule has 2 N–H and O–H groups in total. The summed E-state index contributed by atoms with van der Waals surface area (Å²) < 4.78 is 5.34. The lowest BCUT2D eigenvalue weighted by molar-refractivity contribution is 0.0389. The van der Waals surface area contributed by atoms with Gasteiger partial charge in [0.25, 0.3) is 0 Å². The van der Waals surface area contributed by atoms with Crippen molar-refractivity contribution in [2.24, 2.45) is 5.92 Å². The Morgan fingerprint density at radius 3 is 2.47 bits per heavy atom. The summed E-state index contributed by atoms with van der Waals surface area (Å²) in [4.78, 5) is 11.9. The predicted molar refractivity (Wildman–Crippen MR) is 69.0 cm³/mol. The van der Waals surface area contributed by atoms with Crippen LogP contribution in [-0.4, -0.2) is 30.3 Å². The van der Waals surface area contributed by atoms with E-state index in [9.17, 15) is 4.79 Å². The average molecular weight is 242 g/mol. The second-order valence-corrected chi connectivity index (χ2v) is 6.22. The fourth-order valence-electron chi connectivity index (χ4n) is 2.18. The number of carbonyl (C=O) groups excluding carboxylic acids is 1. The number of hydrogen-bond acceptors (Lipinski definition) is 3. The molecule has 1 unspecified atom stereocenters. The lowest BCUT2D eigenvalue weighted by Crippen LogP contribution is -2.61. The van der Waals surface area contributed by atoms with Gasteiger partial charge in [-0.3, -0.25) is 0 Å². The van der Waals surface area contributed by atoms with E-state index in [-0.39, 0.29) is 11.6 Å². The Morgan fingerprint density at radius 1 is 1.41 bits per heavy atom. The van der Waals surface area contributed by atoms with Gasteiger partial charge in [-0.05, 0) is 46.1 Å². The zero-order valence-corrected chi connectivity index (χ0v) is 11.7. The highest BCUT2D eigenvalue weighted by molar-refractivity contribution is 5.69. The Morgan fingerprint density at radius 2 is 2.06 bits per heavy atom. The molecule has 1 fully saturated rings. The first-order valence-corrected chi connectivity index (χ1v) is 6.47. The van der Waals surface area contributed by atoms with E-state index in [0.29, 0.717) is 5.92 Å². The van der Waals surface area contributed by atoms with Crippen molar-refractivity contribution < 1.29 is 9.53 Å². The summed E-state index contributed by atoms with van der Waals surface area (Å²) in [6, 6.07) is 0. The zero-order chi connectivity index (χ0) is 13.1. The van der Waals surface area contributed by atoms with Gasteiger partial charge >= 0.3 is 6.09 Å². The smallest absolute Gasteiger partial charge is 0.408 e. The first kappa shape index (κ1) is 14.3. The molecular weight excluding hydrogens is 216 g/mol. The number of rotatable bonds is 2. The highest BCUT2D eigenvalue weighted by atomic mass is 16.6. The van der Waals surface area contributed by atoms with Crippen LogP contribution in [0.15, 0.2) is 0 Å². The van der Waals surface area contributed by atoms with Gasteiger partial charge in [-0.2, -0.15) is 0 Å². The monoisotopic (exact) mass is 242 g/mol. The third-order valence-electron chi connectivity index (χ3n) is 3.27. The Labute approximate surface area is 104 Å². The summed E-state index contributed by atoms with van der Waals surface area (Å²) in [6.07, 6.45) is 1.79. The molecular formula is C13H26N2O2. The lowest BCUT2D eigenvalue weighted by atomic mass is 9.80. The van der Waals surface area contributed by atoms with Gasteiger partial charge in [0.05, 0.1) is 5.54 Å². The van der Waals surface area contributed by atoms with Crippen molar-refractivity contribution in [2.45, 2.75) is 58.6 Å². The molecule has 0 aromatic rings. The lowest BCUT2D eigenvalue weighted by Gasteiger charge is -2.42. The molecule has 1 amide bonds. The Kier molecular flexibility index (Phi) is 4.42. The van der Waals surface area contributed by atoms with Crippen molar-refractivity contribution in [3.05, 3.63) is 0 Å². The zero-order valence-electron chi connectivity index (χ0n) is 11.7. The molecule has 4 nitrogen and oxygen atoms in total. The van der Waals surface area contributed by atoms with E-state index in [1.807, 2.05) is 20.8 Å². The largest absolute Gasteiger partial charge is 0.444 e. The highest BCUT2D eigenvalue weighted by Crippen LogP contribution is 2.25. The maximum atomic E-state index is 11.9. The molecule has 0 saturated carbocycles. The van der Waals surface area contributed by atoms with Gasteiger partial charge in [-0.1, -0.05) is 13.8 Å². The average Bonchev–Trinajstić information content (AvgIpc) is 2.15. The van der Waals surface area contributed by atoms with E-state index >= 15 is 0 Å². The molecule has 0 bridgehead atoms. The SMILES string of the molecule is CC(C)C1(NC(=O)OC(C)(C)C)CCCNC1. The maximum absolute atomic E-state index is 11.9. The molecule has 1 aliphatic heterocycles. The van der Waals surface area contributed by atoms with Gasteiger partial charge in [0.2, 0.25) is 0 Å². The second kappa shape index (κ2) is 5.25. The van der Waals surface area contributed by atoms with Crippen LogP contribution in [0.3, 0.4) is 0 Å². The number of carbonyl (C=O) groups is 1. The van der Waals surface area contributed by atoms with E-state index in [4.69, 9.17) is 4.74 Å².